The number of aromatic hydroxyl groups is 1. The molecule has 4 heteroatoms. The topological polar surface area (TPSA) is 58.7 Å². The number of hydrogen-bond acceptors (Lipinski definition) is 3. The predicted molar refractivity (Wildman–Crippen MR) is 39.7 cm³/mol. The summed E-state index contributed by atoms with van der Waals surface area (Å²) in [5.41, 5.74) is 0.408. The van der Waals surface area contributed by atoms with Crippen molar-refractivity contribution in [3.05, 3.63) is 29.5 Å². The first-order chi connectivity index (χ1) is 5.24. The van der Waals surface area contributed by atoms with Gasteiger partial charge >= 0.3 is 0 Å². The van der Waals surface area contributed by atoms with Crippen molar-refractivity contribution in [2.45, 2.75) is 0 Å². The van der Waals surface area contributed by atoms with E-state index in [2.05, 4.69) is 5.11 Å². The van der Waals surface area contributed by atoms with Gasteiger partial charge in [-0.1, -0.05) is 4.86 Å². The second kappa shape index (κ2) is 3.01. The third-order valence-electron chi connectivity index (χ3n) is 1.25. The Morgan fingerprint density at radius 3 is 2.36 bits per heavy atom. The third kappa shape index (κ3) is 1.67. The summed E-state index contributed by atoms with van der Waals surface area (Å²) >= 11 is 0. The minimum absolute atomic E-state index is 0.137. The van der Waals surface area contributed by atoms with Crippen molar-refractivity contribution < 1.29 is 9.97 Å². The zero-order chi connectivity index (χ0) is 8.27. The average molecular weight is 152 g/mol. The van der Waals surface area contributed by atoms with Crippen LogP contribution in [-0.2, 0) is 0 Å². The molecule has 0 amide bonds. The molecule has 0 aromatic heterocycles. The van der Waals surface area contributed by atoms with Crippen LogP contribution in [-0.4, -0.2) is 17.0 Å². The van der Waals surface area contributed by atoms with E-state index < -0.39 is 0 Å². The number of hydrogen-bond donors (Lipinski definition) is 1. The summed E-state index contributed by atoms with van der Waals surface area (Å²) in [5, 5.41) is 23.0. The van der Waals surface area contributed by atoms with Gasteiger partial charge in [0.25, 0.3) is 0 Å². The average Bonchev–Trinajstić information content (AvgIpc) is 2.05. The summed E-state index contributed by atoms with van der Waals surface area (Å²) in [5.74, 6) is 0.137. The Hall–Kier alpha value is -1.58. The fourth-order valence-corrected chi connectivity index (χ4v) is 0.696. The van der Waals surface area contributed by atoms with E-state index in [1.165, 1.54) is 31.3 Å². The van der Waals surface area contributed by atoms with Crippen LogP contribution in [0.3, 0.4) is 0 Å². The molecule has 0 bridgehead atoms. The molecular formula is C7H8N2O2. The van der Waals surface area contributed by atoms with Crippen LogP contribution in [0.4, 0.5) is 5.69 Å². The molecule has 1 aromatic carbocycles. The van der Waals surface area contributed by atoms with Crippen LogP contribution < -0.4 is 0 Å². The molecule has 11 heavy (non-hydrogen) atoms. The molecule has 0 saturated heterocycles. The van der Waals surface area contributed by atoms with Crippen molar-refractivity contribution in [3.8, 4) is 5.75 Å². The van der Waals surface area contributed by atoms with Gasteiger partial charge in [-0.05, 0) is 17.2 Å². The number of nitrogens with zero attached hydrogens (tertiary/aromatic N) is 2. The van der Waals surface area contributed by atoms with Gasteiger partial charge in [-0.3, -0.25) is 0 Å². The van der Waals surface area contributed by atoms with Crippen LogP contribution in [0.2, 0.25) is 0 Å². The molecular weight excluding hydrogens is 144 g/mol. The van der Waals surface area contributed by atoms with Gasteiger partial charge in [0.05, 0.1) is 7.05 Å². The highest BCUT2D eigenvalue weighted by Gasteiger charge is 1.99. The first-order valence-electron chi connectivity index (χ1n) is 3.10. The maximum Gasteiger partial charge on any atom is 0.244 e. The van der Waals surface area contributed by atoms with Gasteiger partial charge in [0.15, 0.2) is 0 Å². The van der Waals surface area contributed by atoms with Crippen LogP contribution in [0.1, 0.15) is 0 Å². The number of phenols is 1. The third-order valence-corrected chi connectivity index (χ3v) is 1.25. The minimum Gasteiger partial charge on any atom is -0.594 e. The number of phenolic OH excluding ortho intramolecular Hbond substituents is 1. The molecule has 0 atom stereocenters. The van der Waals surface area contributed by atoms with Crippen LogP contribution in [0.25, 0.3) is 0 Å². The van der Waals surface area contributed by atoms with E-state index in [0.717, 1.165) is 0 Å². The second-order valence-corrected chi connectivity index (χ2v) is 1.99. The lowest BCUT2D eigenvalue weighted by molar-refractivity contribution is -0.439. The number of azo groups is 1. The van der Waals surface area contributed by atoms with E-state index in [1.807, 2.05) is 0 Å². The molecule has 0 aliphatic carbocycles. The number of rotatable bonds is 1. The highest BCUT2D eigenvalue weighted by Crippen LogP contribution is 2.15. The molecule has 1 aromatic rings. The van der Waals surface area contributed by atoms with Crippen LogP contribution in [0.5, 0.6) is 5.75 Å². The maximum atomic E-state index is 10.8. The lowest BCUT2D eigenvalue weighted by Gasteiger charge is -1.96. The Labute approximate surface area is 64.0 Å². The van der Waals surface area contributed by atoms with E-state index in [4.69, 9.17) is 5.11 Å². The van der Waals surface area contributed by atoms with Crippen molar-refractivity contribution in [1.29, 1.82) is 0 Å². The normalized spacial score (nSPS) is 11.5. The number of benzene rings is 1. The molecule has 58 valence electrons. The molecule has 0 saturated carbocycles. The Balaban J connectivity index is 2.99. The predicted octanol–water partition coefficient (Wildman–Crippen LogP) is 1.62. The van der Waals surface area contributed by atoms with Crippen LogP contribution in [0, 0.1) is 5.21 Å². The molecule has 1 N–H and O–H groups in total. The fraction of sp³-hybridized carbons (Fsp3) is 0.143. The minimum atomic E-state index is 0.137. The van der Waals surface area contributed by atoms with Gasteiger partial charge in [0.2, 0.25) is 5.69 Å². The molecule has 0 spiro atoms. The van der Waals surface area contributed by atoms with Crippen LogP contribution in [0.15, 0.2) is 29.4 Å². The van der Waals surface area contributed by atoms with E-state index in [1.54, 1.807) is 0 Å². The second-order valence-electron chi connectivity index (χ2n) is 1.99. The molecule has 0 radical (unpaired) electrons. The Morgan fingerprint density at radius 1 is 1.36 bits per heavy atom. The Kier molecular flexibility index (Phi) is 2.06. The molecule has 0 unspecified atom stereocenters. The van der Waals surface area contributed by atoms with Gasteiger partial charge in [0, 0.05) is 12.1 Å². The molecule has 0 aliphatic rings. The maximum absolute atomic E-state index is 10.8. The summed E-state index contributed by atoms with van der Waals surface area (Å²) in [6.07, 6.45) is 0. The van der Waals surface area contributed by atoms with Gasteiger partial charge in [-0.15, -0.1) is 0 Å². The van der Waals surface area contributed by atoms with Gasteiger partial charge < -0.3 is 10.3 Å². The van der Waals surface area contributed by atoms with E-state index in [0.29, 0.717) is 10.5 Å². The van der Waals surface area contributed by atoms with Gasteiger partial charge in [0.1, 0.15) is 5.75 Å². The highest BCUT2D eigenvalue weighted by molar-refractivity contribution is 5.34. The quantitative estimate of drug-likeness (QED) is 0.377. The monoisotopic (exact) mass is 152 g/mol. The zero-order valence-electron chi connectivity index (χ0n) is 6.06. The lowest BCUT2D eigenvalue weighted by Crippen LogP contribution is -1.88. The van der Waals surface area contributed by atoms with Crippen molar-refractivity contribution in [3.63, 3.8) is 0 Å². The lowest BCUT2D eigenvalue weighted by atomic mass is 10.3. The standard InChI is InChI=1S/C7H8N2O2/c1-8-9(11)6-2-4-7(10)5-3-6/h2-5,10H,1H3. The van der Waals surface area contributed by atoms with E-state index in [-0.39, 0.29) is 5.75 Å². The summed E-state index contributed by atoms with van der Waals surface area (Å²) in [6.45, 7) is 0. The van der Waals surface area contributed by atoms with Crippen molar-refractivity contribution in [1.82, 2.24) is 0 Å². The molecule has 4 nitrogen and oxygen atoms in total. The van der Waals surface area contributed by atoms with Crippen molar-refractivity contribution in [2.75, 3.05) is 7.05 Å². The molecule has 0 heterocycles. The van der Waals surface area contributed by atoms with Crippen molar-refractivity contribution in [2.24, 2.45) is 5.11 Å². The van der Waals surface area contributed by atoms with Crippen LogP contribution >= 0.6 is 0 Å². The summed E-state index contributed by atoms with van der Waals surface area (Å²) in [7, 11) is 1.40. The first kappa shape index (κ1) is 7.53. The zero-order valence-corrected chi connectivity index (χ0v) is 6.06. The molecule has 0 fully saturated rings. The Morgan fingerprint density at radius 2 is 1.91 bits per heavy atom. The van der Waals surface area contributed by atoms with Gasteiger partial charge in [-0.2, -0.15) is 0 Å². The summed E-state index contributed by atoms with van der Waals surface area (Å²) in [6, 6.07) is 5.86. The SMILES string of the molecule is CN=[N+]([O-])c1ccc(O)cc1. The molecule has 1 rings (SSSR count). The smallest absolute Gasteiger partial charge is 0.244 e. The fourth-order valence-electron chi connectivity index (χ4n) is 0.696. The summed E-state index contributed by atoms with van der Waals surface area (Å²) < 4.78 is 0. The summed E-state index contributed by atoms with van der Waals surface area (Å²) in [4.78, 5) is 0.486. The van der Waals surface area contributed by atoms with E-state index >= 15 is 0 Å². The largest absolute Gasteiger partial charge is 0.594 e. The van der Waals surface area contributed by atoms with E-state index in [9.17, 15) is 5.21 Å². The van der Waals surface area contributed by atoms with Crippen molar-refractivity contribution >= 4 is 5.69 Å². The highest BCUT2D eigenvalue weighted by atomic mass is 16.5. The first-order valence-corrected chi connectivity index (χ1v) is 3.10. The van der Waals surface area contributed by atoms with Gasteiger partial charge in [-0.25, -0.2) is 0 Å². The Bertz CT molecular complexity index is 266. The molecule has 0 aliphatic heterocycles.